The summed E-state index contributed by atoms with van der Waals surface area (Å²) < 4.78 is 1.71. The second kappa shape index (κ2) is 8.71. The van der Waals surface area contributed by atoms with Gasteiger partial charge in [-0.3, -0.25) is 0 Å². The Hall–Kier alpha value is -3.28. The van der Waals surface area contributed by atoms with Gasteiger partial charge in [0, 0.05) is 17.9 Å². The topological polar surface area (TPSA) is 71.0 Å². The van der Waals surface area contributed by atoms with Gasteiger partial charge in [-0.05, 0) is 42.8 Å². The molecule has 2 amide bonds. The minimum absolute atomic E-state index is 0.302. The van der Waals surface area contributed by atoms with Crippen LogP contribution in [0.4, 0.5) is 21.9 Å². The lowest BCUT2D eigenvalue weighted by Crippen LogP contribution is -2.19. The van der Waals surface area contributed by atoms with E-state index in [-0.39, 0.29) is 6.03 Å². The number of amides is 2. The number of carbonyl (C=O) groups excluding carboxylic acids is 1. The van der Waals surface area contributed by atoms with Crippen molar-refractivity contribution in [1.29, 1.82) is 0 Å². The highest BCUT2D eigenvalue weighted by atomic mass is 16.2. The molecule has 134 valence electrons. The number of unbranched alkanes of at least 4 members (excludes halogenated alkanes) is 1. The van der Waals surface area contributed by atoms with Crippen LogP contribution in [-0.2, 0) is 0 Å². The number of carbonyl (C=O) groups is 1. The molecule has 2 aromatic carbocycles. The quantitative estimate of drug-likeness (QED) is 0.540. The molecule has 0 unspecified atom stereocenters. The number of benzene rings is 2. The summed E-state index contributed by atoms with van der Waals surface area (Å²) in [6, 6.07) is 17.1. The van der Waals surface area contributed by atoms with Crippen LogP contribution in [0.15, 0.2) is 67.0 Å². The lowest BCUT2D eigenvalue weighted by atomic mass is 10.2. The van der Waals surface area contributed by atoms with Crippen LogP contribution in [0.2, 0.25) is 0 Å². The van der Waals surface area contributed by atoms with E-state index < -0.39 is 0 Å². The Balaban J connectivity index is 1.53. The van der Waals surface area contributed by atoms with E-state index in [9.17, 15) is 4.79 Å². The summed E-state index contributed by atoms with van der Waals surface area (Å²) in [6.07, 6.45) is 5.69. The Morgan fingerprint density at radius 1 is 0.962 bits per heavy atom. The highest BCUT2D eigenvalue weighted by molar-refractivity contribution is 5.99. The van der Waals surface area contributed by atoms with E-state index in [4.69, 9.17) is 0 Å². The Bertz CT molecular complexity index is 827. The van der Waals surface area contributed by atoms with E-state index in [1.165, 1.54) is 0 Å². The second-order valence-corrected chi connectivity index (χ2v) is 5.95. The summed E-state index contributed by atoms with van der Waals surface area (Å²) in [7, 11) is 0. The van der Waals surface area contributed by atoms with Crippen LogP contribution in [0.3, 0.4) is 0 Å². The zero-order valence-electron chi connectivity index (χ0n) is 14.8. The van der Waals surface area contributed by atoms with Crippen LogP contribution in [0.5, 0.6) is 0 Å². The van der Waals surface area contributed by atoms with Gasteiger partial charge in [0.1, 0.15) is 0 Å². The summed E-state index contributed by atoms with van der Waals surface area (Å²) in [5.74, 6) is 0. The Morgan fingerprint density at radius 3 is 2.38 bits per heavy atom. The highest BCUT2D eigenvalue weighted by Crippen LogP contribution is 2.15. The third-order valence-corrected chi connectivity index (χ3v) is 3.86. The van der Waals surface area contributed by atoms with Crippen LogP contribution in [0.1, 0.15) is 19.8 Å². The van der Waals surface area contributed by atoms with Gasteiger partial charge in [-0.1, -0.05) is 31.5 Å². The van der Waals surface area contributed by atoms with Crippen LogP contribution >= 0.6 is 0 Å². The summed E-state index contributed by atoms with van der Waals surface area (Å²) >= 11 is 0. The normalized spacial score (nSPS) is 10.3. The highest BCUT2D eigenvalue weighted by Gasteiger charge is 2.06. The van der Waals surface area contributed by atoms with Crippen LogP contribution < -0.4 is 16.0 Å². The van der Waals surface area contributed by atoms with E-state index in [0.29, 0.717) is 5.69 Å². The zero-order valence-corrected chi connectivity index (χ0v) is 14.8. The molecule has 0 saturated carbocycles. The molecule has 0 aliphatic carbocycles. The van der Waals surface area contributed by atoms with Crippen LogP contribution in [0, 0.1) is 0 Å². The van der Waals surface area contributed by atoms with Crippen molar-refractivity contribution in [2.75, 3.05) is 22.5 Å². The van der Waals surface area contributed by atoms with E-state index in [2.05, 4.69) is 28.0 Å². The maximum atomic E-state index is 12.1. The predicted molar refractivity (Wildman–Crippen MR) is 106 cm³/mol. The molecule has 3 aromatic rings. The van der Waals surface area contributed by atoms with Crippen LogP contribution in [0.25, 0.3) is 5.69 Å². The van der Waals surface area contributed by atoms with Crippen molar-refractivity contribution in [3.05, 3.63) is 67.0 Å². The standard InChI is InChI=1S/C20H23N5O/c1-2-3-13-21-16-9-11-17(12-10-16)23-20(26)24-18-14-22-25(15-18)19-7-5-4-6-8-19/h4-12,14-15,21H,2-3,13H2,1H3,(H2,23,24,26). The van der Waals surface area contributed by atoms with E-state index in [1.54, 1.807) is 17.1 Å². The number of hydrogen-bond acceptors (Lipinski definition) is 3. The lowest BCUT2D eigenvalue weighted by molar-refractivity contribution is 0.262. The van der Waals surface area contributed by atoms with Gasteiger partial charge in [-0.2, -0.15) is 5.10 Å². The SMILES string of the molecule is CCCCNc1ccc(NC(=O)Nc2cnn(-c3ccccc3)c2)cc1. The summed E-state index contributed by atoms with van der Waals surface area (Å²) in [5.41, 5.74) is 3.35. The van der Waals surface area contributed by atoms with E-state index in [0.717, 1.165) is 36.4 Å². The first-order chi connectivity index (χ1) is 12.7. The molecule has 1 heterocycles. The van der Waals surface area contributed by atoms with E-state index in [1.807, 2.05) is 54.6 Å². The van der Waals surface area contributed by atoms with Crippen molar-refractivity contribution in [3.63, 3.8) is 0 Å². The number of nitrogens with one attached hydrogen (secondary N) is 3. The molecule has 26 heavy (non-hydrogen) atoms. The van der Waals surface area contributed by atoms with Gasteiger partial charge in [0.15, 0.2) is 0 Å². The smallest absolute Gasteiger partial charge is 0.323 e. The van der Waals surface area contributed by atoms with Crippen LogP contribution in [-0.4, -0.2) is 22.4 Å². The van der Waals surface area contributed by atoms with Gasteiger partial charge in [-0.25, -0.2) is 9.48 Å². The first kappa shape index (κ1) is 17.5. The van der Waals surface area contributed by atoms with Gasteiger partial charge in [0.2, 0.25) is 0 Å². The Labute approximate surface area is 153 Å². The molecule has 0 atom stereocenters. The van der Waals surface area contributed by atoms with Crippen molar-refractivity contribution < 1.29 is 4.79 Å². The molecule has 0 bridgehead atoms. The Morgan fingerprint density at radius 2 is 1.65 bits per heavy atom. The molecule has 0 spiro atoms. The maximum absolute atomic E-state index is 12.1. The molecule has 0 radical (unpaired) electrons. The molecule has 0 aliphatic rings. The molecule has 3 rings (SSSR count). The molecule has 6 heteroatoms. The second-order valence-electron chi connectivity index (χ2n) is 5.95. The summed E-state index contributed by atoms with van der Waals surface area (Å²) in [6.45, 7) is 3.12. The average molecular weight is 349 g/mol. The third-order valence-electron chi connectivity index (χ3n) is 3.86. The molecule has 1 aromatic heterocycles. The predicted octanol–water partition coefficient (Wildman–Crippen LogP) is 4.73. The van der Waals surface area contributed by atoms with Gasteiger partial charge < -0.3 is 16.0 Å². The Kier molecular flexibility index (Phi) is 5.88. The fourth-order valence-corrected chi connectivity index (χ4v) is 2.48. The number of aromatic nitrogens is 2. The largest absolute Gasteiger partial charge is 0.385 e. The van der Waals surface area contributed by atoms with Gasteiger partial charge in [0.25, 0.3) is 0 Å². The number of nitrogens with zero attached hydrogens (tertiary/aromatic N) is 2. The fourth-order valence-electron chi connectivity index (χ4n) is 2.48. The number of hydrogen-bond donors (Lipinski definition) is 3. The van der Waals surface area contributed by atoms with Crippen molar-refractivity contribution in [2.24, 2.45) is 0 Å². The molecule has 6 nitrogen and oxygen atoms in total. The number of urea groups is 1. The maximum Gasteiger partial charge on any atom is 0.323 e. The van der Waals surface area contributed by atoms with Crippen molar-refractivity contribution in [1.82, 2.24) is 9.78 Å². The van der Waals surface area contributed by atoms with Crippen molar-refractivity contribution >= 4 is 23.1 Å². The molecular weight excluding hydrogens is 326 g/mol. The fraction of sp³-hybridized carbons (Fsp3) is 0.200. The van der Waals surface area contributed by atoms with Gasteiger partial charge in [0.05, 0.1) is 23.8 Å². The molecule has 0 fully saturated rings. The van der Waals surface area contributed by atoms with Crippen molar-refractivity contribution in [3.8, 4) is 5.69 Å². The summed E-state index contributed by atoms with van der Waals surface area (Å²) in [5, 5.41) is 13.2. The molecular formula is C20H23N5O. The summed E-state index contributed by atoms with van der Waals surface area (Å²) in [4.78, 5) is 12.1. The first-order valence-corrected chi connectivity index (χ1v) is 8.76. The number of anilines is 3. The minimum atomic E-state index is -0.302. The number of rotatable bonds is 7. The molecule has 0 saturated heterocycles. The van der Waals surface area contributed by atoms with Gasteiger partial charge >= 0.3 is 6.03 Å². The first-order valence-electron chi connectivity index (χ1n) is 8.76. The molecule has 0 aliphatic heterocycles. The molecule has 3 N–H and O–H groups in total. The minimum Gasteiger partial charge on any atom is -0.385 e. The monoisotopic (exact) mass is 349 g/mol. The van der Waals surface area contributed by atoms with Crippen molar-refractivity contribution in [2.45, 2.75) is 19.8 Å². The average Bonchev–Trinajstić information content (AvgIpc) is 3.12. The zero-order chi connectivity index (χ0) is 18.2. The lowest BCUT2D eigenvalue weighted by Gasteiger charge is -2.08. The van der Waals surface area contributed by atoms with E-state index >= 15 is 0 Å². The third kappa shape index (κ3) is 4.86. The van der Waals surface area contributed by atoms with Gasteiger partial charge in [-0.15, -0.1) is 0 Å². The number of para-hydroxylation sites is 1.